The summed E-state index contributed by atoms with van der Waals surface area (Å²) in [5.74, 6) is 1.90. The van der Waals surface area contributed by atoms with E-state index < -0.39 is 0 Å². The molecule has 0 saturated carbocycles. The van der Waals surface area contributed by atoms with E-state index in [0.717, 1.165) is 10.4 Å². The third kappa shape index (κ3) is 2.65. The zero-order valence-corrected chi connectivity index (χ0v) is 13.8. The molecular weight excluding hydrogens is 318 g/mol. The molecule has 1 aliphatic rings. The Kier molecular flexibility index (Phi) is 3.99. The molecule has 2 aromatic rings. The standard InChI is InChI=1S/C15H17N3O4S/c1-20-9-4-7(5-10(21-2)12(9)22-3)8-6-11(19)17-14-13(8)23-15(16)18-14/h4-5,8H,6H2,1-3H3,(H2,16,18)(H,17,19). The van der Waals surface area contributed by atoms with E-state index in [1.807, 2.05) is 12.1 Å². The summed E-state index contributed by atoms with van der Waals surface area (Å²) >= 11 is 1.37. The zero-order valence-electron chi connectivity index (χ0n) is 13.0. The highest BCUT2D eigenvalue weighted by molar-refractivity contribution is 7.16. The largest absolute Gasteiger partial charge is 0.493 e. The molecule has 1 aromatic carbocycles. The number of hydrogen-bond acceptors (Lipinski definition) is 7. The second kappa shape index (κ2) is 5.96. The number of rotatable bonds is 4. The van der Waals surface area contributed by atoms with Gasteiger partial charge >= 0.3 is 0 Å². The number of thiazole rings is 1. The molecule has 1 amide bonds. The van der Waals surface area contributed by atoms with Crippen LogP contribution in [-0.2, 0) is 4.79 Å². The maximum absolute atomic E-state index is 12.0. The molecule has 0 radical (unpaired) electrons. The van der Waals surface area contributed by atoms with Crippen molar-refractivity contribution in [2.75, 3.05) is 32.4 Å². The van der Waals surface area contributed by atoms with Crippen LogP contribution in [-0.4, -0.2) is 32.2 Å². The molecule has 1 atom stereocenters. The fraction of sp³-hybridized carbons (Fsp3) is 0.333. The Bertz CT molecular complexity index is 734. The van der Waals surface area contributed by atoms with Crippen molar-refractivity contribution in [2.24, 2.45) is 0 Å². The van der Waals surface area contributed by atoms with Crippen LogP contribution in [0.25, 0.3) is 0 Å². The third-order valence-electron chi connectivity index (χ3n) is 3.72. The first-order valence-corrected chi connectivity index (χ1v) is 7.75. The van der Waals surface area contributed by atoms with Gasteiger partial charge in [0.1, 0.15) is 5.82 Å². The Balaban J connectivity index is 2.13. The van der Waals surface area contributed by atoms with Gasteiger partial charge in [-0.1, -0.05) is 11.3 Å². The summed E-state index contributed by atoms with van der Waals surface area (Å²) in [6, 6.07) is 3.70. The molecule has 0 saturated heterocycles. The lowest BCUT2D eigenvalue weighted by atomic mass is 9.91. The molecule has 8 heteroatoms. The third-order valence-corrected chi connectivity index (χ3v) is 4.72. The molecule has 2 heterocycles. The maximum atomic E-state index is 12.0. The molecule has 23 heavy (non-hydrogen) atoms. The number of anilines is 2. The second-order valence-corrected chi connectivity index (χ2v) is 6.09. The van der Waals surface area contributed by atoms with Crippen LogP contribution in [0.2, 0.25) is 0 Å². The van der Waals surface area contributed by atoms with E-state index in [9.17, 15) is 4.79 Å². The molecular formula is C15H17N3O4S. The summed E-state index contributed by atoms with van der Waals surface area (Å²) < 4.78 is 16.1. The number of benzene rings is 1. The van der Waals surface area contributed by atoms with Crippen molar-refractivity contribution < 1.29 is 19.0 Å². The molecule has 0 aliphatic carbocycles. The number of nitrogen functional groups attached to an aromatic ring is 1. The van der Waals surface area contributed by atoms with Gasteiger partial charge in [-0.3, -0.25) is 4.79 Å². The number of methoxy groups -OCH3 is 3. The first kappa shape index (κ1) is 15.4. The number of carbonyl (C=O) groups is 1. The van der Waals surface area contributed by atoms with Crippen LogP contribution in [0.5, 0.6) is 17.2 Å². The number of amides is 1. The van der Waals surface area contributed by atoms with Crippen molar-refractivity contribution in [1.29, 1.82) is 0 Å². The fourth-order valence-electron chi connectivity index (χ4n) is 2.71. The molecule has 1 aromatic heterocycles. The Morgan fingerprint density at radius 3 is 2.43 bits per heavy atom. The van der Waals surface area contributed by atoms with Gasteiger partial charge in [0.15, 0.2) is 16.6 Å². The lowest BCUT2D eigenvalue weighted by molar-refractivity contribution is -0.116. The van der Waals surface area contributed by atoms with Gasteiger partial charge in [-0.2, -0.15) is 0 Å². The number of nitrogens with one attached hydrogen (secondary N) is 1. The van der Waals surface area contributed by atoms with Crippen molar-refractivity contribution in [2.45, 2.75) is 12.3 Å². The molecule has 3 N–H and O–H groups in total. The van der Waals surface area contributed by atoms with Gasteiger partial charge in [0.2, 0.25) is 11.7 Å². The molecule has 3 rings (SSSR count). The van der Waals surface area contributed by atoms with E-state index in [4.69, 9.17) is 19.9 Å². The first-order valence-electron chi connectivity index (χ1n) is 6.93. The first-order chi connectivity index (χ1) is 11.1. The van der Waals surface area contributed by atoms with E-state index >= 15 is 0 Å². The highest BCUT2D eigenvalue weighted by atomic mass is 32.1. The zero-order chi connectivity index (χ0) is 16.6. The van der Waals surface area contributed by atoms with Crippen molar-refractivity contribution in [3.8, 4) is 17.2 Å². The molecule has 1 aliphatic heterocycles. The number of nitrogens with zero attached hydrogens (tertiary/aromatic N) is 1. The van der Waals surface area contributed by atoms with Gasteiger partial charge in [0.05, 0.1) is 26.2 Å². The predicted octanol–water partition coefficient (Wildman–Crippen LogP) is 2.23. The number of hydrogen-bond donors (Lipinski definition) is 2. The summed E-state index contributed by atoms with van der Waals surface area (Å²) in [6.07, 6.45) is 0.313. The van der Waals surface area contributed by atoms with E-state index in [1.165, 1.54) is 11.3 Å². The smallest absolute Gasteiger partial charge is 0.226 e. The van der Waals surface area contributed by atoms with Gasteiger partial charge in [-0.15, -0.1) is 0 Å². The monoisotopic (exact) mass is 335 g/mol. The van der Waals surface area contributed by atoms with Crippen molar-refractivity contribution in [1.82, 2.24) is 4.98 Å². The van der Waals surface area contributed by atoms with Crippen molar-refractivity contribution >= 4 is 28.2 Å². The summed E-state index contributed by atoms with van der Waals surface area (Å²) in [6.45, 7) is 0. The lowest BCUT2D eigenvalue weighted by Gasteiger charge is -2.23. The van der Waals surface area contributed by atoms with Gasteiger partial charge in [-0.25, -0.2) is 4.98 Å². The van der Waals surface area contributed by atoms with Crippen molar-refractivity contribution in [3.05, 3.63) is 22.6 Å². The van der Waals surface area contributed by atoms with Crippen LogP contribution < -0.4 is 25.3 Å². The highest BCUT2D eigenvalue weighted by Crippen LogP contribution is 2.46. The number of fused-ring (bicyclic) bond motifs is 1. The maximum Gasteiger partial charge on any atom is 0.226 e. The van der Waals surface area contributed by atoms with Gasteiger partial charge < -0.3 is 25.3 Å². The van der Waals surface area contributed by atoms with Crippen LogP contribution in [0, 0.1) is 0 Å². The minimum Gasteiger partial charge on any atom is -0.493 e. The predicted molar refractivity (Wildman–Crippen MR) is 87.7 cm³/mol. The Hall–Kier alpha value is -2.48. The molecule has 122 valence electrons. The summed E-state index contributed by atoms with van der Waals surface area (Å²) in [7, 11) is 4.67. The Morgan fingerprint density at radius 2 is 1.87 bits per heavy atom. The second-order valence-electron chi connectivity index (χ2n) is 5.03. The molecule has 1 unspecified atom stereocenters. The van der Waals surface area contributed by atoms with Crippen LogP contribution in [0.3, 0.4) is 0 Å². The van der Waals surface area contributed by atoms with Gasteiger partial charge in [0.25, 0.3) is 0 Å². The fourth-order valence-corrected chi connectivity index (χ4v) is 3.63. The summed E-state index contributed by atoms with van der Waals surface area (Å²) in [4.78, 5) is 17.1. The quantitative estimate of drug-likeness (QED) is 0.889. The minimum atomic E-state index is -0.151. The van der Waals surface area contributed by atoms with Crippen LogP contribution in [0.4, 0.5) is 10.9 Å². The topological polar surface area (TPSA) is 95.7 Å². The van der Waals surface area contributed by atoms with Crippen LogP contribution >= 0.6 is 11.3 Å². The van der Waals surface area contributed by atoms with Crippen molar-refractivity contribution in [3.63, 3.8) is 0 Å². The average Bonchev–Trinajstić information content (AvgIpc) is 2.92. The molecule has 0 fully saturated rings. The molecule has 0 spiro atoms. The van der Waals surface area contributed by atoms with E-state index in [1.54, 1.807) is 21.3 Å². The van der Waals surface area contributed by atoms with E-state index in [-0.39, 0.29) is 11.8 Å². The van der Waals surface area contributed by atoms with E-state index in [0.29, 0.717) is 34.6 Å². The average molecular weight is 335 g/mol. The summed E-state index contributed by atoms with van der Waals surface area (Å²) in [5.41, 5.74) is 6.68. The van der Waals surface area contributed by atoms with Crippen LogP contribution in [0.15, 0.2) is 12.1 Å². The Morgan fingerprint density at radius 1 is 1.22 bits per heavy atom. The highest BCUT2D eigenvalue weighted by Gasteiger charge is 2.31. The van der Waals surface area contributed by atoms with Gasteiger partial charge in [0, 0.05) is 12.3 Å². The molecule has 0 bridgehead atoms. The lowest BCUT2D eigenvalue weighted by Crippen LogP contribution is -2.22. The van der Waals surface area contributed by atoms with Gasteiger partial charge in [-0.05, 0) is 17.7 Å². The number of ether oxygens (including phenoxy) is 3. The normalized spacial score (nSPS) is 16.5. The number of aromatic nitrogens is 1. The summed E-state index contributed by atoms with van der Waals surface area (Å²) in [5, 5.41) is 3.18. The number of nitrogens with two attached hydrogens (primary N) is 1. The minimum absolute atomic E-state index is 0.0958. The van der Waals surface area contributed by atoms with Crippen LogP contribution in [0.1, 0.15) is 22.8 Å². The SMILES string of the molecule is COc1cc(C2CC(=O)Nc3nc(N)sc32)cc(OC)c1OC. The molecule has 7 nitrogen and oxygen atoms in total. The number of carbonyl (C=O) groups excluding carboxylic acids is 1. The Labute approximate surface area is 137 Å². The van der Waals surface area contributed by atoms with E-state index in [2.05, 4.69) is 10.3 Å².